The van der Waals surface area contributed by atoms with Crippen molar-refractivity contribution in [3.63, 3.8) is 0 Å². The zero-order chi connectivity index (χ0) is 23.1. The number of benzene rings is 2. The molecular weight excluding hydrogens is 420 g/mol. The Morgan fingerprint density at radius 2 is 1.79 bits per heavy atom. The average Bonchev–Trinajstić information content (AvgIpc) is 3.08. The second-order valence-electron chi connectivity index (χ2n) is 8.91. The fraction of sp³-hybridized carbons (Fsp3) is 0.385. The maximum atomic E-state index is 13.6. The van der Waals surface area contributed by atoms with Crippen molar-refractivity contribution in [1.82, 2.24) is 9.80 Å². The molecule has 2 aliphatic rings. The third kappa shape index (κ3) is 3.92. The third-order valence-corrected chi connectivity index (χ3v) is 6.75. The van der Waals surface area contributed by atoms with Crippen molar-refractivity contribution in [2.75, 3.05) is 39.4 Å². The van der Waals surface area contributed by atoms with Crippen molar-refractivity contribution in [3.8, 4) is 5.75 Å². The quantitative estimate of drug-likeness (QED) is 0.644. The Kier molecular flexibility index (Phi) is 5.68. The minimum absolute atomic E-state index is 0.0957. The maximum Gasteiger partial charge on any atom is 0.290 e. The van der Waals surface area contributed by atoms with E-state index in [4.69, 9.17) is 9.15 Å². The molecule has 5 rings (SSSR count). The van der Waals surface area contributed by atoms with Crippen LogP contribution in [-0.4, -0.2) is 60.2 Å². The fourth-order valence-electron chi connectivity index (χ4n) is 4.84. The molecule has 7 heteroatoms. The summed E-state index contributed by atoms with van der Waals surface area (Å²) in [7, 11) is 0. The molecule has 0 radical (unpaired) electrons. The number of hydrogen-bond acceptors (Lipinski definition) is 6. The van der Waals surface area contributed by atoms with Gasteiger partial charge in [0, 0.05) is 26.2 Å². The molecule has 1 amide bonds. The van der Waals surface area contributed by atoms with Gasteiger partial charge in [-0.3, -0.25) is 14.5 Å². The number of carbonyl (C=O) groups is 1. The number of hydrogen-bond donors (Lipinski definition) is 1. The molecule has 33 heavy (non-hydrogen) atoms. The molecule has 1 fully saturated rings. The maximum absolute atomic E-state index is 13.6. The number of ether oxygens (including phenoxy) is 1. The van der Waals surface area contributed by atoms with Crippen LogP contribution in [0.5, 0.6) is 5.75 Å². The van der Waals surface area contributed by atoms with Gasteiger partial charge in [-0.05, 0) is 61.2 Å². The lowest BCUT2D eigenvalue weighted by atomic mass is 9.97. The molecule has 2 aromatic carbocycles. The van der Waals surface area contributed by atoms with Gasteiger partial charge in [0.15, 0.2) is 5.43 Å². The Balaban J connectivity index is 1.56. The van der Waals surface area contributed by atoms with Crippen LogP contribution in [0.25, 0.3) is 11.0 Å². The largest absolute Gasteiger partial charge is 0.508 e. The molecule has 1 atom stereocenters. The number of aryl methyl sites for hydroxylation is 2. The molecule has 3 heterocycles. The van der Waals surface area contributed by atoms with Crippen molar-refractivity contribution >= 4 is 16.9 Å². The van der Waals surface area contributed by atoms with E-state index in [2.05, 4.69) is 4.90 Å². The number of rotatable bonds is 5. The molecule has 1 N–H and O–H groups in total. The van der Waals surface area contributed by atoms with Gasteiger partial charge in [0.2, 0.25) is 5.76 Å². The van der Waals surface area contributed by atoms with Gasteiger partial charge < -0.3 is 19.2 Å². The summed E-state index contributed by atoms with van der Waals surface area (Å²) >= 11 is 0. The van der Waals surface area contributed by atoms with Gasteiger partial charge in [-0.25, -0.2) is 0 Å². The molecule has 2 aliphatic heterocycles. The number of phenolic OH excluding ortho intramolecular Hbond substituents is 1. The minimum Gasteiger partial charge on any atom is -0.508 e. The smallest absolute Gasteiger partial charge is 0.290 e. The molecule has 1 saturated heterocycles. The van der Waals surface area contributed by atoms with E-state index in [0.29, 0.717) is 28.6 Å². The number of amides is 1. The molecule has 3 aromatic rings. The van der Waals surface area contributed by atoms with E-state index in [-0.39, 0.29) is 22.8 Å². The highest BCUT2D eigenvalue weighted by atomic mass is 16.5. The average molecular weight is 449 g/mol. The molecule has 172 valence electrons. The van der Waals surface area contributed by atoms with Crippen LogP contribution < -0.4 is 5.43 Å². The fourth-order valence-corrected chi connectivity index (χ4v) is 4.84. The number of carbonyl (C=O) groups excluding carboxylic acids is 1. The summed E-state index contributed by atoms with van der Waals surface area (Å²) in [5, 5.41) is 10.6. The summed E-state index contributed by atoms with van der Waals surface area (Å²) in [6.45, 7) is 8.46. The van der Waals surface area contributed by atoms with Crippen LogP contribution >= 0.6 is 0 Å². The van der Waals surface area contributed by atoms with Gasteiger partial charge in [0.1, 0.15) is 11.3 Å². The summed E-state index contributed by atoms with van der Waals surface area (Å²) in [5.74, 6) is -0.0775. The first-order valence-electron chi connectivity index (χ1n) is 11.4. The lowest BCUT2D eigenvalue weighted by molar-refractivity contribution is 0.0353. The zero-order valence-electron chi connectivity index (χ0n) is 19.0. The van der Waals surface area contributed by atoms with E-state index < -0.39 is 6.04 Å². The number of phenols is 1. The van der Waals surface area contributed by atoms with E-state index in [1.807, 2.05) is 32.0 Å². The minimum atomic E-state index is -0.591. The van der Waals surface area contributed by atoms with Crippen molar-refractivity contribution in [1.29, 1.82) is 0 Å². The van der Waals surface area contributed by atoms with Crippen LogP contribution in [0.4, 0.5) is 0 Å². The summed E-state index contributed by atoms with van der Waals surface area (Å²) in [5.41, 5.74) is 3.29. The summed E-state index contributed by atoms with van der Waals surface area (Å²) in [6.07, 6.45) is 0.765. The first-order valence-corrected chi connectivity index (χ1v) is 11.4. The summed E-state index contributed by atoms with van der Waals surface area (Å²) < 4.78 is 11.5. The van der Waals surface area contributed by atoms with E-state index in [9.17, 15) is 14.7 Å². The Morgan fingerprint density at radius 3 is 2.55 bits per heavy atom. The molecule has 1 unspecified atom stereocenters. The molecule has 7 nitrogen and oxygen atoms in total. The number of aromatic hydroxyl groups is 1. The molecule has 0 spiro atoms. The Labute approximate surface area is 192 Å². The van der Waals surface area contributed by atoms with Crippen LogP contribution in [0.1, 0.15) is 45.3 Å². The molecule has 1 aromatic heterocycles. The number of morpholine rings is 1. The molecule has 0 bridgehead atoms. The van der Waals surface area contributed by atoms with Crippen molar-refractivity contribution in [2.45, 2.75) is 26.3 Å². The van der Waals surface area contributed by atoms with Crippen molar-refractivity contribution in [3.05, 3.63) is 74.6 Å². The first kappa shape index (κ1) is 21.7. The molecule has 0 saturated carbocycles. The summed E-state index contributed by atoms with van der Waals surface area (Å²) in [6, 6.07) is 9.84. The van der Waals surface area contributed by atoms with Gasteiger partial charge in [-0.15, -0.1) is 0 Å². The van der Waals surface area contributed by atoms with Crippen LogP contribution in [0, 0.1) is 13.8 Å². The van der Waals surface area contributed by atoms with E-state index in [0.717, 1.165) is 50.4 Å². The second-order valence-corrected chi connectivity index (χ2v) is 8.91. The van der Waals surface area contributed by atoms with Crippen molar-refractivity contribution in [2.24, 2.45) is 0 Å². The van der Waals surface area contributed by atoms with Crippen LogP contribution in [0.2, 0.25) is 0 Å². The van der Waals surface area contributed by atoms with Gasteiger partial charge in [-0.2, -0.15) is 0 Å². The van der Waals surface area contributed by atoms with E-state index in [1.54, 1.807) is 23.1 Å². The number of fused-ring (bicyclic) bond motifs is 2. The van der Waals surface area contributed by atoms with Crippen molar-refractivity contribution < 1.29 is 19.1 Å². The van der Waals surface area contributed by atoms with Crippen LogP contribution in [0.3, 0.4) is 0 Å². The third-order valence-electron chi connectivity index (χ3n) is 6.75. The van der Waals surface area contributed by atoms with Gasteiger partial charge in [0.25, 0.3) is 5.91 Å². The highest BCUT2D eigenvalue weighted by molar-refractivity contribution is 5.99. The van der Waals surface area contributed by atoms with Crippen LogP contribution in [0.15, 0.2) is 45.6 Å². The van der Waals surface area contributed by atoms with Gasteiger partial charge >= 0.3 is 0 Å². The Morgan fingerprint density at radius 1 is 1.03 bits per heavy atom. The SMILES string of the molecule is Cc1cc2oc3c(c(=O)c2cc1C)C(c1cccc(O)c1)N(CCCN1CCOCC1)C3=O. The second kappa shape index (κ2) is 8.65. The first-order chi connectivity index (χ1) is 15.9. The normalized spacial score (nSPS) is 18.8. The van der Waals surface area contributed by atoms with Crippen LogP contribution in [-0.2, 0) is 4.74 Å². The highest BCUT2D eigenvalue weighted by Crippen LogP contribution is 2.39. The van der Waals surface area contributed by atoms with E-state index >= 15 is 0 Å². The molecule has 0 aliphatic carbocycles. The van der Waals surface area contributed by atoms with Gasteiger partial charge in [0.05, 0.1) is 30.2 Å². The summed E-state index contributed by atoms with van der Waals surface area (Å²) in [4.78, 5) is 31.2. The Hall–Kier alpha value is -3.16. The van der Waals surface area contributed by atoms with Gasteiger partial charge in [-0.1, -0.05) is 12.1 Å². The highest BCUT2D eigenvalue weighted by Gasteiger charge is 2.42. The topological polar surface area (TPSA) is 83.2 Å². The zero-order valence-corrected chi connectivity index (χ0v) is 19.0. The predicted octanol–water partition coefficient (Wildman–Crippen LogP) is 3.38. The van der Waals surface area contributed by atoms with E-state index in [1.165, 1.54) is 0 Å². The number of nitrogens with zero attached hydrogens (tertiary/aromatic N) is 2. The lowest BCUT2D eigenvalue weighted by Gasteiger charge is -2.29. The molecular formula is C26H28N2O5. The standard InChI is InChI=1S/C26H28N2O5/c1-16-13-20-21(14-17(16)2)33-25-22(24(20)30)23(18-5-3-6-19(29)15-18)28(26(25)31)8-4-7-27-9-11-32-12-10-27/h3,5-6,13-15,23,29H,4,7-12H2,1-2H3. The monoisotopic (exact) mass is 448 g/mol. The predicted molar refractivity (Wildman–Crippen MR) is 125 cm³/mol. The Bertz CT molecular complexity index is 1280. The lowest BCUT2D eigenvalue weighted by Crippen LogP contribution is -2.38.